The third-order valence-corrected chi connectivity index (χ3v) is 3.20. The first kappa shape index (κ1) is 16.3. The number of hydrogen-bond donors (Lipinski definition) is 3. The summed E-state index contributed by atoms with van der Waals surface area (Å²) >= 11 is 0. The van der Waals surface area contributed by atoms with Crippen LogP contribution in [0.15, 0.2) is 42.5 Å². The molecule has 120 valence electrons. The van der Waals surface area contributed by atoms with Gasteiger partial charge in [-0.1, -0.05) is 12.1 Å². The van der Waals surface area contributed by atoms with Gasteiger partial charge in [-0.15, -0.1) is 0 Å². The van der Waals surface area contributed by atoms with Crippen molar-refractivity contribution < 1.29 is 19.1 Å². The van der Waals surface area contributed by atoms with Gasteiger partial charge in [0.25, 0.3) is 11.8 Å². The van der Waals surface area contributed by atoms with E-state index in [4.69, 9.17) is 15.3 Å². The second kappa shape index (κ2) is 7.28. The first-order valence-corrected chi connectivity index (χ1v) is 6.74. The van der Waals surface area contributed by atoms with Crippen LogP contribution in [0.2, 0.25) is 0 Å². The molecule has 0 bridgehead atoms. The van der Waals surface area contributed by atoms with E-state index in [0.29, 0.717) is 22.7 Å². The minimum Gasteiger partial charge on any atom is -0.493 e. The van der Waals surface area contributed by atoms with Crippen LogP contribution in [-0.2, 0) is 0 Å². The van der Waals surface area contributed by atoms with Gasteiger partial charge in [-0.25, -0.2) is 5.84 Å². The lowest BCUT2D eigenvalue weighted by molar-refractivity contribution is 0.0954. The Morgan fingerprint density at radius 3 is 2.30 bits per heavy atom. The largest absolute Gasteiger partial charge is 0.493 e. The van der Waals surface area contributed by atoms with E-state index in [0.717, 1.165) is 0 Å². The maximum absolute atomic E-state index is 12.4. The molecule has 2 rings (SSSR count). The van der Waals surface area contributed by atoms with Crippen LogP contribution in [0.4, 0.5) is 5.69 Å². The Morgan fingerprint density at radius 1 is 0.957 bits per heavy atom. The van der Waals surface area contributed by atoms with Gasteiger partial charge in [-0.2, -0.15) is 0 Å². The number of hydrogen-bond acceptors (Lipinski definition) is 5. The number of methoxy groups -OCH3 is 2. The molecule has 0 radical (unpaired) electrons. The zero-order valence-corrected chi connectivity index (χ0v) is 12.8. The third-order valence-electron chi connectivity index (χ3n) is 3.20. The van der Waals surface area contributed by atoms with Crippen LogP contribution in [0.5, 0.6) is 11.5 Å². The van der Waals surface area contributed by atoms with Crippen LogP contribution in [0.25, 0.3) is 0 Å². The van der Waals surface area contributed by atoms with E-state index in [1.807, 2.05) is 5.43 Å². The summed E-state index contributed by atoms with van der Waals surface area (Å²) in [6.07, 6.45) is 0. The Balaban J connectivity index is 2.28. The van der Waals surface area contributed by atoms with E-state index in [1.54, 1.807) is 42.5 Å². The highest BCUT2D eigenvalue weighted by molar-refractivity contribution is 6.09. The highest BCUT2D eigenvalue weighted by Gasteiger charge is 2.15. The fourth-order valence-electron chi connectivity index (χ4n) is 2.04. The minimum absolute atomic E-state index is 0.267. The van der Waals surface area contributed by atoms with Gasteiger partial charge in [0.1, 0.15) is 0 Å². The fourth-order valence-corrected chi connectivity index (χ4v) is 2.04. The summed E-state index contributed by atoms with van der Waals surface area (Å²) in [6.45, 7) is 0. The number of nitrogens with two attached hydrogens (primary N) is 1. The molecule has 0 aliphatic carbocycles. The van der Waals surface area contributed by atoms with E-state index >= 15 is 0 Å². The summed E-state index contributed by atoms with van der Waals surface area (Å²) < 4.78 is 10.3. The normalized spacial score (nSPS) is 9.87. The number of hydrazine groups is 1. The molecule has 7 heteroatoms. The predicted octanol–water partition coefficient (Wildman–Crippen LogP) is 1.56. The number of nitrogens with one attached hydrogen (secondary N) is 2. The SMILES string of the molecule is COc1ccc(C(=O)Nc2ccccc2C(=O)NN)cc1OC. The van der Waals surface area contributed by atoms with Crippen LogP contribution in [0.3, 0.4) is 0 Å². The quantitative estimate of drug-likeness (QED) is 0.441. The van der Waals surface area contributed by atoms with Crippen molar-refractivity contribution in [3.8, 4) is 11.5 Å². The number of amides is 2. The summed E-state index contributed by atoms with van der Waals surface area (Å²) in [6, 6.07) is 11.3. The van der Waals surface area contributed by atoms with E-state index in [1.165, 1.54) is 14.2 Å². The number of anilines is 1. The van der Waals surface area contributed by atoms with Crippen molar-refractivity contribution in [3.05, 3.63) is 53.6 Å². The average molecular weight is 315 g/mol. The number of nitrogen functional groups attached to an aromatic ring is 1. The Labute approximate surface area is 133 Å². The maximum Gasteiger partial charge on any atom is 0.267 e. The molecular formula is C16H17N3O4. The first-order chi connectivity index (χ1) is 11.1. The molecular weight excluding hydrogens is 298 g/mol. The summed E-state index contributed by atoms with van der Waals surface area (Å²) in [7, 11) is 3.00. The topological polar surface area (TPSA) is 103 Å². The summed E-state index contributed by atoms with van der Waals surface area (Å²) in [5, 5.41) is 2.68. The van der Waals surface area contributed by atoms with E-state index in [2.05, 4.69) is 5.32 Å². The van der Waals surface area contributed by atoms with E-state index < -0.39 is 5.91 Å². The monoisotopic (exact) mass is 315 g/mol. The molecule has 2 aromatic rings. The van der Waals surface area contributed by atoms with Crippen molar-refractivity contribution in [2.24, 2.45) is 5.84 Å². The minimum atomic E-state index is -0.492. The van der Waals surface area contributed by atoms with Crippen LogP contribution in [0.1, 0.15) is 20.7 Å². The third kappa shape index (κ3) is 3.58. The number of benzene rings is 2. The molecule has 4 N–H and O–H groups in total. The van der Waals surface area contributed by atoms with Crippen LogP contribution in [-0.4, -0.2) is 26.0 Å². The molecule has 0 saturated carbocycles. The smallest absolute Gasteiger partial charge is 0.267 e. The molecule has 0 atom stereocenters. The Kier molecular flexibility index (Phi) is 5.16. The van der Waals surface area contributed by atoms with Gasteiger partial charge < -0.3 is 14.8 Å². The van der Waals surface area contributed by atoms with E-state index in [9.17, 15) is 9.59 Å². The Morgan fingerprint density at radius 2 is 1.65 bits per heavy atom. The fraction of sp³-hybridized carbons (Fsp3) is 0.125. The maximum atomic E-state index is 12.4. The zero-order chi connectivity index (χ0) is 16.8. The lowest BCUT2D eigenvalue weighted by Gasteiger charge is -2.12. The zero-order valence-electron chi connectivity index (χ0n) is 12.8. The number of carbonyl (C=O) groups is 2. The van der Waals surface area contributed by atoms with Crippen LogP contribution < -0.4 is 26.1 Å². The van der Waals surface area contributed by atoms with Gasteiger partial charge >= 0.3 is 0 Å². The molecule has 0 fully saturated rings. The summed E-state index contributed by atoms with van der Waals surface area (Å²) in [5.74, 6) is 5.22. The van der Waals surface area contributed by atoms with Gasteiger partial charge in [0.05, 0.1) is 25.5 Å². The molecule has 7 nitrogen and oxygen atoms in total. The Bertz CT molecular complexity index is 731. The molecule has 2 aromatic carbocycles. The summed E-state index contributed by atoms with van der Waals surface area (Å²) in [4.78, 5) is 24.1. The molecule has 2 amide bonds. The van der Waals surface area contributed by atoms with Crippen LogP contribution >= 0.6 is 0 Å². The van der Waals surface area contributed by atoms with Gasteiger partial charge in [-0.3, -0.25) is 15.0 Å². The molecule has 0 aliphatic heterocycles. The second-order valence-electron chi connectivity index (χ2n) is 4.54. The van der Waals surface area contributed by atoms with E-state index in [-0.39, 0.29) is 11.5 Å². The van der Waals surface area contributed by atoms with Crippen molar-refractivity contribution in [1.29, 1.82) is 0 Å². The molecule has 0 saturated heterocycles. The highest BCUT2D eigenvalue weighted by Crippen LogP contribution is 2.28. The molecule has 0 unspecified atom stereocenters. The molecule has 0 spiro atoms. The van der Waals surface area contributed by atoms with Crippen LogP contribution in [0, 0.1) is 0 Å². The standard InChI is InChI=1S/C16H17N3O4/c1-22-13-8-7-10(9-14(13)23-2)15(20)18-12-6-4-3-5-11(12)16(21)19-17/h3-9H,17H2,1-2H3,(H,18,20)(H,19,21). The first-order valence-electron chi connectivity index (χ1n) is 6.74. The van der Waals surface area contributed by atoms with Gasteiger partial charge in [0.2, 0.25) is 0 Å². The number of carbonyl (C=O) groups excluding carboxylic acids is 2. The van der Waals surface area contributed by atoms with Crippen molar-refractivity contribution in [3.63, 3.8) is 0 Å². The predicted molar refractivity (Wildman–Crippen MR) is 85.6 cm³/mol. The molecule has 0 aromatic heterocycles. The van der Waals surface area contributed by atoms with Crippen molar-refractivity contribution in [2.75, 3.05) is 19.5 Å². The van der Waals surface area contributed by atoms with Gasteiger partial charge in [-0.05, 0) is 30.3 Å². The Hall–Kier alpha value is -3.06. The van der Waals surface area contributed by atoms with Crippen molar-refractivity contribution in [1.82, 2.24) is 5.43 Å². The van der Waals surface area contributed by atoms with Crippen molar-refractivity contribution >= 4 is 17.5 Å². The number of para-hydroxylation sites is 1. The molecule has 0 heterocycles. The summed E-state index contributed by atoms with van der Waals surface area (Å²) in [5.41, 5.74) is 3.03. The second-order valence-corrected chi connectivity index (χ2v) is 4.54. The number of rotatable bonds is 5. The average Bonchev–Trinajstić information content (AvgIpc) is 2.60. The number of ether oxygens (including phenoxy) is 2. The lowest BCUT2D eigenvalue weighted by atomic mass is 10.1. The highest BCUT2D eigenvalue weighted by atomic mass is 16.5. The molecule has 0 aliphatic rings. The lowest BCUT2D eigenvalue weighted by Crippen LogP contribution is -2.31. The van der Waals surface area contributed by atoms with Crippen molar-refractivity contribution in [2.45, 2.75) is 0 Å². The molecule has 23 heavy (non-hydrogen) atoms. The van der Waals surface area contributed by atoms with Gasteiger partial charge in [0.15, 0.2) is 11.5 Å². The van der Waals surface area contributed by atoms with Gasteiger partial charge in [0, 0.05) is 5.56 Å².